The maximum absolute atomic E-state index is 10.1. The number of aliphatic hydroxyl groups excluding tert-OH is 3. The molecule has 114 valence electrons. The molecule has 2 heterocycles. The number of halogens is 3. The van der Waals surface area contributed by atoms with Crippen molar-refractivity contribution in [3.63, 3.8) is 0 Å². The molecule has 0 aliphatic carbocycles. The van der Waals surface area contributed by atoms with Gasteiger partial charge in [0.15, 0.2) is 0 Å². The zero-order valence-electron chi connectivity index (χ0n) is 10.4. The van der Waals surface area contributed by atoms with Crippen molar-refractivity contribution in [1.82, 2.24) is 9.97 Å². The Kier molecular flexibility index (Phi) is 4.04. The molecule has 2 aromatic rings. The van der Waals surface area contributed by atoms with Crippen LogP contribution >= 0.6 is 34.8 Å². The first-order chi connectivity index (χ1) is 9.90. The molecule has 1 aliphatic rings. The van der Waals surface area contributed by atoms with Gasteiger partial charge in [-0.25, -0.2) is 4.98 Å². The molecular formula is C12H11Cl3N2O4. The summed E-state index contributed by atoms with van der Waals surface area (Å²) < 4.78 is 5.41. The molecular weight excluding hydrogens is 343 g/mol. The first kappa shape index (κ1) is 15.3. The van der Waals surface area contributed by atoms with Crippen molar-refractivity contribution in [2.75, 3.05) is 6.61 Å². The van der Waals surface area contributed by atoms with Crippen molar-refractivity contribution >= 4 is 45.8 Å². The molecule has 0 bridgehead atoms. The summed E-state index contributed by atoms with van der Waals surface area (Å²) in [6.07, 6.45) is -4.88. The second-order valence-electron chi connectivity index (χ2n) is 4.81. The van der Waals surface area contributed by atoms with Crippen molar-refractivity contribution in [2.24, 2.45) is 0 Å². The summed E-state index contributed by atoms with van der Waals surface area (Å²) in [6.45, 7) is -0.147. The highest BCUT2D eigenvalue weighted by Crippen LogP contribution is 2.41. The topological polar surface area (TPSA) is 98.6 Å². The second kappa shape index (κ2) is 5.55. The largest absolute Gasteiger partial charge is 0.388 e. The summed E-state index contributed by atoms with van der Waals surface area (Å²) in [5.41, 5.74) is 1.24. The van der Waals surface area contributed by atoms with Crippen LogP contribution in [-0.2, 0) is 4.74 Å². The highest BCUT2D eigenvalue weighted by Gasteiger charge is 2.40. The standard InChI is InChI=1S/C12H11Cl3N2O4/c13-3-1-4-8(17-12(15)16-4)6(7(3)14)11-10(20)9(19)5(18)2-21-11/h1,5,9-11,18-20H,2H2,(H,16,17)/t5-,9+,10+,11-/m0/s1. The molecule has 1 saturated heterocycles. The predicted octanol–water partition coefficient (Wildman–Crippen LogP) is 1.68. The van der Waals surface area contributed by atoms with E-state index in [-0.39, 0.29) is 21.9 Å². The monoisotopic (exact) mass is 352 g/mol. The minimum atomic E-state index is -1.37. The van der Waals surface area contributed by atoms with Gasteiger partial charge in [-0.3, -0.25) is 0 Å². The zero-order chi connectivity index (χ0) is 15.3. The molecule has 4 N–H and O–H groups in total. The van der Waals surface area contributed by atoms with Gasteiger partial charge in [-0.15, -0.1) is 0 Å². The Morgan fingerprint density at radius 3 is 2.62 bits per heavy atom. The molecule has 0 amide bonds. The number of H-pyrrole nitrogens is 1. The SMILES string of the molecule is O[C@@H]1[C@H](O)[C@@H](O)CO[C@H]1c1c(Cl)c(Cl)cc2[nH]c(Cl)nc12. The van der Waals surface area contributed by atoms with Crippen LogP contribution in [-0.4, -0.2) is 50.2 Å². The van der Waals surface area contributed by atoms with Gasteiger partial charge in [-0.1, -0.05) is 23.2 Å². The Labute approximate surface area is 134 Å². The molecule has 1 aromatic heterocycles. The van der Waals surface area contributed by atoms with Crippen LogP contribution < -0.4 is 0 Å². The van der Waals surface area contributed by atoms with Crippen molar-refractivity contribution in [2.45, 2.75) is 24.4 Å². The van der Waals surface area contributed by atoms with E-state index in [2.05, 4.69) is 9.97 Å². The summed E-state index contributed by atoms with van der Waals surface area (Å²) >= 11 is 18.1. The number of aliphatic hydroxyl groups is 3. The van der Waals surface area contributed by atoms with Crippen LogP contribution in [0.5, 0.6) is 0 Å². The number of rotatable bonds is 1. The van der Waals surface area contributed by atoms with Gasteiger partial charge in [0.05, 0.1) is 27.7 Å². The third-order valence-electron chi connectivity index (χ3n) is 3.46. The van der Waals surface area contributed by atoms with Crippen LogP contribution in [0, 0.1) is 0 Å². The number of ether oxygens (including phenoxy) is 1. The highest BCUT2D eigenvalue weighted by molar-refractivity contribution is 6.43. The number of aromatic amines is 1. The maximum atomic E-state index is 10.1. The fourth-order valence-electron chi connectivity index (χ4n) is 2.41. The lowest BCUT2D eigenvalue weighted by atomic mass is 9.94. The number of hydrogen-bond donors (Lipinski definition) is 4. The number of nitrogens with one attached hydrogen (secondary N) is 1. The first-order valence-electron chi connectivity index (χ1n) is 6.09. The third-order valence-corrected chi connectivity index (χ3v) is 4.44. The van der Waals surface area contributed by atoms with Crippen molar-refractivity contribution < 1.29 is 20.1 Å². The predicted molar refractivity (Wildman–Crippen MR) is 77.8 cm³/mol. The van der Waals surface area contributed by atoms with Crippen molar-refractivity contribution in [3.8, 4) is 0 Å². The Balaban J connectivity index is 2.17. The van der Waals surface area contributed by atoms with Gasteiger partial charge in [0.25, 0.3) is 0 Å². The average molecular weight is 354 g/mol. The normalized spacial score (nSPS) is 30.0. The van der Waals surface area contributed by atoms with E-state index in [1.807, 2.05) is 0 Å². The molecule has 0 saturated carbocycles. The molecule has 0 spiro atoms. The van der Waals surface area contributed by atoms with E-state index < -0.39 is 24.4 Å². The van der Waals surface area contributed by atoms with Gasteiger partial charge in [-0.2, -0.15) is 0 Å². The molecule has 6 nitrogen and oxygen atoms in total. The molecule has 1 aliphatic heterocycles. The Morgan fingerprint density at radius 1 is 1.19 bits per heavy atom. The molecule has 9 heteroatoms. The van der Waals surface area contributed by atoms with Crippen LogP contribution in [0.4, 0.5) is 0 Å². The van der Waals surface area contributed by atoms with Gasteiger partial charge in [0.2, 0.25) is 5.28 Å². The van der Waals surface area contributed by atoms with Gasteiger partial charge in [0.1, 0.15) is 24.4 Å². The van der Waals surface area contributed by atoms with Gasteiger partial charge >= 0.3 is 0 Å². The van der Waals surface area contributed by atoms with E-state index >= 15 is 0 Å². The average Bonchev–Trinajstić information content (AvgIpc) is 2.79. The first-order valence-corrected chi connectivity index (χ1v) is 7.22. The summed E-state index contributed by atoms with van der Waals surface area (Å²) in [5.74, 6) is 0. The Morgan fingerprint density at radius 2 is 1.90 bits per heavy atom. The van der Waals surface area contributed by atoms with E-state index in [9.17, 15) is 15.3 Å². The third kappa shape index (κ3) is 2.51. The lowest BCUT2D eigenvalue weighted by Crippen LogP contribution is -2.49. The van der Waals surface area contributed by atoms with Crippen molar-refractivity contribution in [3.05, 3.63) is 27.0 Å². The van der Waals surface area contributed by atoms with E-state index in [0.29, 0.717) is 16.6 Å². The van der Waals surface area contributed by atoms with Crippen molar-refractivity contribution in [1.29, 1.82) is 0 Å². The van der Waals surface area contributed by atoms with Crippen LogP contribution in [0.1, 0.15) is 11.7 Å². The summed E-state index contributed by atoms with van der Waals surface area (Å²) in [6, 6.07) is 1.56. The molecule has 3 rings (SSSR count). The number of nitrogens with zero attached hydrogens (tertiary/aromatic N) is 1. The van der Waals surface area contributed by atoms with Gasteiger partial charge < -0.3 is 25.0 Å². The molecule has 0 radical (unpaired) electrons. The number of fused-ring (bicyclic) bond motifs is 1. The van der Waals surface area contributed by atoms with Gasteiger partial charge in [0, 0.05) is 5.56 Å². The number of imidazole rings is 1. The Bertz CT molecular complexity index is 693. The minimum Gasteiger partial charge on any atom is -0.388 e. The quantitative estimate of drug-likeness (QED) is 0.625. The summed E-state index contributed by atoms with van der Waals surface area (Å²) in [4.78, 5) is 6.90. The van der Waals surface area contributed by atoms with Crippen LogP contribution in [0.25, 0.3) is 11.0 Å². The number of hydrogen-bond acceptors (Lipinski definition) is 5. The minimum absolute atomic E-state index is 0.135. The lowest BCUT2D eigenvalue weighted by molar-refractivity contribution is -0.188. The summed E-state index contributed by atoms with van der Waals surface area (Å²) in [5, 5.41) is 30.0. The van der Waals surface area contributed by atoms with E-state index in [4.69, 9.17) is 39.5 Å². The van der Waals surface area contributed by atoms with Crippen LogP contribution in [0.15, 0.2) is 6.07 Å². The van der Waals surface area contributed by atoms with E-state index in [0.717, 1.165) is 0 Å². The number of aromatic nitrogens is 2. The molecule has 4 atom stereocenters. The smallest absolute Gasteiger partial charge is 0.201 e. The highest BCUT2D eigenvalue weighted by atomic mass is 35.5. The lowest BCUT2D eigenvalue weighted by Gasteiger charge is -2.35. The molecule has 0 unspecified atom stereocenters. The molecule has 21 heavy (non-hydrogen) atoms. The van der Waals surface area contributed by atoms with Crippen LogP contribution in [0.2, 0.25) is 15.3 Å². The zero-order valence-corrected chi connectivity index (χ0v) is 12.7. The maximum Gasteiger partial charge on any atom is 0.201 e. The fraction of sp³-hybridized carbons (Fsp3) is 0.417. The van der Waals surface area contributed by atoms with Gasteiger partial charge in [-0.05, 0) is 17.7 Å². The molecule has 1 aromatic carbocycles. The number of benzene rings is 1. The Hall–Kier alpha value is -0.600. The second-order valence-corrected chi connectivity index (χ2v) is 5.96. The van der Waals surface area contributed by atoms with Crippen LogP contribution in [0.3, 0.4) is 0 Å². The van der Waals surface area contributed by atoms with E-state index in [1.54, 1.807) is 6.07 Å². The summed E-state index contributed by atoms with van der Waals surface area (Å²) in [7, 11) is 0. The fourth-order valence-corrected chi connectivity index (χ4v) is 3.06. The molecule has 1 fully saturated rings. The van der Waals surface area contributed by atoms with E-state index in [1.165, 1.54) is 0 Å².